The molecule has 144 valence electrons. The van der Waals surface area contributed by atoms with Crippen molar-refractivity contribution in [3.8, 4) is 11.5 Å². The largest absolute Gasteiger partial charge is 0.493 e. The zero-order chi connectivity index (χ0) is 19.1. The second-order valence-corrected chi connectivity index (χ2v) is 6.71. The number of likely N-dealkylation sites (tertiary alicyclic amines) is 1. The van der Waals surface area contributed by atoms with Crippen molar-refractivity contribution in [3.63, 3.8) is 0 Å². The van der Waals surface area contributed by atoms with E-state index >= 15 is 0 Å². The molecule has 0 spiro atoms. The minimum absolute atomic E-state index is 0.302. The molecule has 0 unspecified atom stereocenters. The highest BCUT2D eigenvalue weighted by Gasteiger charge is 2.12. The van der Waals surface area contributed by atoms with Crippen molar-refractivity contribution >= 4 is 17.4 Å². The third-order valence-electron chi connectivity index (χ3n) is 4.59. The number of nitrogens with one attached hydrogen (secondary N) is 2. The van der Waals surface area contributed by atoms with E-state index in [0.29, 0.717) is 23.8 Å². The molecule has 0 atom stereocenters. The van der Waals surface area contributed by atoms with Gasteiger partial charge in [-0.15, -0.1) is 0 Å². The zero-order valence-electron chi connectivity index (χ0n) is 16.0. The second kappa shape index (κ2) is 9.28. The molecule has 2 N–H and O–H groups in total. The summed E-state index contributed by atoms with van der Waals surface area (Å²) in [5, 5.41) is 5.62. The number of methoxy groups -OCH3 is 1. The molecule has 6 heteroatoms. The van der Waals surface area contributed by atoms with E-state index < -0.39 is 0 Å². The number of benzene rings is 2. The average molecular weight is 369 g/mol. The lowest BCUT2D eigenvalue weighted by molar-refractivity contribution is 0.230. The number of carbonyl (C=O) groups is 1. The van der Waals surface area contributed by atoms with Crippen LogP contribution in [0.4, 0.5) is 16.2 Å². The summed E-state index contributed by atoms with van der Waals surface area (Å²) in [5.41, 5.74) is 2.53. The van der Waals surface area contributed by atoms with E-state index in [-0.39, 0.29) is 6.03 Å². The summed E-state index contributed by atoms with van der Waals surface area (Å²) in [6.45, 7) is 5.85. The van der Waals surface area contributed by atoms with Gasteiger partial charge in [0.15, 0.2) is 11.5 Å². The van der Waals surface area contributed by atoms with Crippen LogP contribution in [0.25, 0.3) is 0 Å². The van der Waals surface area contributed by atoms with Crippen LogP contribution in [0.2, 0.25) is 0 Å². The molecule has 0 bridgehead atoms. The number of hydrogen-bond donors (Lipinski definition) is 2. The lowest BCUT2D eigenvalue weighted by Gasteiger charge is -2.17. The maximum atomic E-state index is 12.2. The van der Waals surface area contributed by atoms with Crippen LogP contribution in [-0.2, 0) is 0 Å². The Morgan fingerprint density at radius 2 is 1.67 bits per heavy atom. The Morgan fingerprint density at radius 1 is 1.00 bits per heavy atom. The maximum Gasteiger partial charge on any atom is 0.323 e. The van der Waals surface area contributed by atoms with Crippen LogP contribution in [0.15, 0.2) is 42.5 Å². The Bertz CT molecular complexity index is 756. The van der Waals surface area contributed by atoms with Gasteiger partial charge in [-0.2, -0.15) is 0 Å². The zero-order valence-corrected chi connectivity index (χ0v) is 16.0. The topological polar surface area (TPSA) is 62.8 Å². The molecule has 1 aliphatic rings. The number of hydrogen-bond acceptors (Lipinski definition) is 4. The number of anilines is 2. The van der Waals surface area contributed by atoms with Crippen LogP contribution in [0, 0.1) is 6.92 Å². The monoisotopic (exact) mass is 369 g/mol. The molecule has 6 nitrogen and oxygen atoms in total. The van der Waals surface area contributed by atoms with Gasteiger partial charge in [0, 0.05) is 24.0 Å². The van der Waals surface area contributed by atoms with E-state index in [4.69, 9.17) is 9.47 Å². The molecule has 2 aromatic rings. The van der Waals surface area contributed by atoms with E-state index in [9.17, 15) is 4.79 Å². The van der Waals surface area contributed by atoms with Crippen LogP contribution < -0.4 is 20.1 Å². The van der Waals surface area contributed by atoms with Crippen molar-refractivity contribution in [1.82, 2.24) is 4.90 Å². The Labute approximate surface area is 160 Å². The molecular formula is C21H27N3O3. The fraction of sp³-hybridized carbons (Fsp3) is 0.381. The summed E-state index contributed by atoms with van der Waals surface area (Å²) in [6.07, 6.45) is 2.54. The lowest BCUT2D eigenvalue weighted by atomic mass is 10.2. The van der Waals surface area contributed by atoms with E-state index in [0.717, 1.165) is 30.9 Å². The summed E-state index contributed by atoms with van der Waals surface area (Å²) in [6, 6.07) is 12.7. The van der Waals surface area contributed by atoms with E-state index in [2.05, 4.69) is 15.5 Å². The first kappa shape index (κ1) is 19.0. The second-order valence-electron chi connectivity index (χ2n) is 6.71. The van der Waals surface area contributed by atoms with Gasteiger partial charge in [0.25, 0.3) is 0 Å². The molecule has 27 heavy (non-hydrogen) atoms. The first-order chi connectivity index (χ1) is 13.1. The van der Waals surface area contributed by atoms with Crippen molar-refractivity contribution in [2.24, 2.45) is 0 Å². The standard InChI is InChI=1S/C21H27N3O3/c1-16-5-7-17(8-6-16)22-21(25)23-18-9-10-19(20(15-18)26-2)27-14-13-24-11-3-4-12-24/h5-10,15H,3-4,11-14H2,1-2H3,(H2,22,23,25). The van der Waals surface area contributed by atoms with Crippen molar-refractivity contribution in [3.05, 3.63) is 48.0 Å². The number of rotatable bonds is 7. The van der Waals surface area contributed by atoms with Crippen molar-refractivity contribution < 1.29 is 14.3 Å². The predicted octanol–water partition coefficient (Wildman–Crippen LogP) is 4.12. The highest BCUT2D eigenvalue weighted by molar-refractivity contribution is 5.99. The maximum absolute atomic E-state index is 12.2. The summed E-state index contributed by atoms with van der Waals surface area (Å²) < 4.78 is 11.3. The Kier molecular flexibility index (Phi) is 6.54. The van der Waals surface area contributed by atoms with E-state index in [1.165, 1.54) is 12.8 Å². The SMILES string of the molecule is COc1cc(NC(=O)Nc2ccc(C)cc2)ccc1OCCN1CCCC1. The van der Waals surface area contributed by atoms with Gasteiger partial charge in [-0.3, -0.25) is 4.90 Å². The van der Waals surface area contributed by atoms with Crippen LogP contribution in [0.1, 0.15) is 18.4 Å². The van der Waals surface area contributed by atoms with Crippen molar-refractivity contribution in [2.75, 3.05) is 44.0 Å². The van der Waals surface area contributed by atoms with Crippen molar-refractivity contribution in [2.45, 2.75) is 19.8 Å². The molecule has 1 aliphatic heterocycles. The van der Waals surface area contributed by atoms with E-state index in [1.54, 1.807) is 13.2 Å². The molecule has 3 rings (SSSR count). The minimum Gasteiger partial charge on any atom is -0.493 e. The summed E-state index contributed by atoms with van der Waals surface area (Å²) >= 11 is 0. The van der Waals surface area contributed by atoms with Gasteiger partial charge >= 0.3 is 6.03 Å². The van der Waals surface area contributed by atoms with Gasteiger partial charge in [-0.1, -0.05) is 17.7 Å². The fourth-order valence-corrected chi connectivity index (χ4v) is 3.09. The molecule has 2 amide bonds. The first-order valence-electron chi connectivity index (χ1n) is 9.32. The summed E-state index contributed by atoms with van der Waals surface area (Å²) in [4.78, 5) is 14.6. The molecule has 2 aromatic carbocycles. The summed E-state index contributed by atoms with van der Waals surface area (Å²) in [5.74, 6) is 1.28. The van der Waals surface area contributed by atoms with Gasteiger partial charge < -0.3 is 20.1 Å². The smallest absolute Gasteiger partial charge is 0.323 e. The number of nitrogens with zero attached hydrogens (tertiary/aromatic N) is 1. The van der Waals surface area contributed by atoms with Crippen LogP contribution in [0.5, 0.6) is 11.5 Å². The molecule has 0 aliphatic carbocycles. The number of carbonyl (C=O) groups excluding carboxylic acids is 1. The van der Waals surface area contributed by atoms with Gasteiger partial charge in [-0.05, 0) is 57.1 Å². The van der Waals surface area contributed by atoms with Crippen LogP contribution in [0.3, 0.4) is 0 Å². The third kappa shape index (κ3) is 5.62. The van der Waals surface area contributed by atoms with Gasteiger partial charge in [0.05, 0.1) is 7.11 Å². The molecular weight excluding hydrogens is 342 g/mol. The first-order valence-corrected chi connectivity index (χ1v) is 9.32. The van der Waals surface area contributed by atoms with Gasteiger partial charge in [0.2, 0.25) is 0 Å². The van der Waals surface area contributed by atoms with E-state index in [1.807, 2.05) is 43.3 Å². The Hall–Kier alpha value is -2.73. The van der Waals surface area contributed by atoms with Crippen LogP contribution >= 0.6 is 0 Å². The number of urea groups is 1. The molecule has 0 radical (unpaired) electrons. The fourth-order valence-electron chi connectivity index (χ4n) is 3.09. The van der Waals surface area contributed by atoms with Crippen molar-refractivity contribution in [1.29, 1.82) is 0 Å². The third-order valence-corrected chi connectivity index (χ3v) is 4.59. The van der Waals surface area contributed by atoms with Crippen LogP contribution in [-0.4, -0.2) is 44.3 Å². The molecule has 0 saturated carbocycles. The highest BCUT2D eigenvalue weighted by atomic mass is 16.5. The van der Waals surface area contributed by atoms with Gasteiger partial charge in [0.1, 0.15) is 6.61 Å². The Morgan fingerprint density at radius 3 is 2.37 bits per heavy atom. The highest BCUT2D eigenvalue weighted by Crippen LogP contribution is 2.30. The molecule has 1 fully saturated rings. The number of aryl methyl sites for hydroxylation is 1. The lowest BCUT2D eigenvalue weighted by Crippen LogP contribution is -2.25. The molecule has 1 saturated heterocycles. The predicted molar refractivity (Wildman–Crippen MR) is 108 cm³/mol. The minimum atomic E-state index is -0.302. The normalized spacial score (nSPS) is 14.0. The average Bonchev–Trinajstić information content (AvgIpc) is 3.18. The Balaban J connectivity index is 1.54. The number of amides is 2. The quantitative estimate of drug-likeness (QED) is 0.771. The van der Waals surface area contributed by atoms with Gasteiger partial charge in [-0.25, -0.2) is 4.79 Å². The molecule has 1 heterocycles. The number of ether oxygens (including phenoxy) is 2. The summed E-state index contributed by atoms with van der Waals surface area (Å²) in [7, 11) is 1.60. The molecule has 0 aromatic heterocycles.